The van der Waals surface area contributed by atoms with Crippen LogP contribution in [0.25, 0.3) is 0 Å². The summed E-state index contributed by atoms with van der Waals surface area (Å²) in [7, 11) is 0. The minimum atomic E-state index is -1.77. The van der Waals surface area contributed by atoms with E-state index in [0.29, 0.717) is 25.8 Å². The van der Waals surface area contributed by atoms with Gasteiger partial charge in [-0.25, -0.2) is 0 Å². The first-order valence-electron chi connectivity index (χ1n) is 10.0. The molecule has 4 atom stereocenters. The predicted octanol–water partition coefficient (Wildman–Crippen LogP) is -3.69. The van der Waals surface area contributed by atoms with Crippen LogP contribution in [-0.4, -0.2) is 93.4 Å². The van der Waals surface area contributed by atoms with E-state index < -0.39 is 85.7 Å². The van der Waals surface area contributed by atoms with Crippen LogP contribution in [-0.2, 0) is 28.8 Å². The monoisotopic (exact) mass is 477 g/mol. The number of nitrogens with one attached hydrogen (secondary N) is 3. The van der Waals surface area contributed by atoms with Gasteiger partial charge in [0, 0.05) is 0 Å². The van der Waals surface area contributed by atoms with Crippen LogP contribution in [0.15, 0.2) is 0 Å². The van der Waals surface area contributed by atoms with E-state index in [9.17, 15) is 33.9 Å². The number of amides is 3. The first-order chi connectivity index (χ1) is 15.4. The SMILES string of the molecule is NCCCC[C@@H](CO)NC(=O)[C@H](CC(=O)O)NC(=O)[C@H](CC(=O)O)NC(=O)[C@@H](N)CC(=O)O. The Kier molecular flexibility index (Phi) is 13.9. The molecular weight excluding hydrogens is 446 g/mol. The van der Waals surface area contributed by atoms with Gasteiger partial charge in [0.15, 0.2) is 0 Å². The van der Waals surface area contributed by atoms with Gasteiger partial charge >= 0.3 is 17.9 Å². The van der Waals surface area contributed by atoms with Gasteiger partial charge in [-0.1, -0.05) is 6.42 Å². The summed E-state index contributed by atoms with van der Waals surface area (Å²) in [6.07, 6.45) is -1.07. The zero-order valence-corrected chi connectivity index (χ0v) is 17.9. The number of aliphatic carboxylic acids is 3. The van der Waals surface area contributed by atoms with Crippen LogP contribution in [0.3, 0.4) is 0 Å². The largest absolute Gasteiger partial charge is 0.481 e. The molecule has 15 nitrogen and oxygen atoms in total. The summed E-state index contributed by atoms with van der Waals surface area (Å²) in [4.78, 5) is 69.9. The van der Waals surface area contributed by atoms with Gasteiger partial charge in [-0.2, -0.15) is 0 Å². The summed E-state index contributed by atoms with van der Waals surface area (Å²) in [6.45, 7) is -0.0557. The Balaban J connectivity index is 5.38. The van der Waals surface area contributed by atoms with Crippen molar-refractivity contribution in [2.45, 2.75) is 62.7 Å². The Morgan fingerprint density at radius 3 is 1.58 bits per heavy atom. The van der Waals surface area contributed by atoms with E-state index in [2.05, 4.69) is 10.6 Å². The molecule has 0 fully saturated rings. The number of hydrogen-bond donors (Lipinski definition) is 9. The Morgan fingerprint density at radius 2 is 1.15 bits per heavy atom. The first-order valence-corrected chi connectivity index (χ1v) is 10.0. The van der Waals surface area contributed by atoms with Gasteiger partial charge in [0.2, 0.25) is 17.7 Å². The average Bonchev–Trinajstić information content (AvgIpc) is 2.70. The molecule has 15 heteroatoms. The molecule has 0 saturated carbocycles. The highest BCUT2D eigenvalue weighted by Gasteiger charge is 2.31. The van der Waals surface area contributed by atoms with E-state index >= 15 is 0 Å². The number of carboxylic acid groups (broad SMARTS) is 3. The number of carbonyl (C=O) groups excluding carboxylic acids is 3. The van der Waals surface area contributed by atoms with Crippen molar-refractivity contribution in [3.8, 4) is 0 Å². The van der Waals surface area contributed by atoms with Crippen molar-refractivity contribution in [1.29, 1.82) is 0 Å². The molecule has 0 aromatic heterocycles. The molecule has 0 saturated heterocycles. The molecule has 0 aliphatic rings. The molecule has 0 aromatic carbocycles. The minimum absolute atomic E-state index is 0.340. The van der Waals surface area contributed by atoms with Crippen LogP contribution in [0.5, 0.6) is 0 Å². The molecule has 0 bridgehead atoms. The third-order valence-corrected chi connectivity index (χ3v) is 4.33. The van der Waals surface area contributed by atoms with Gasteiger partial charge in [-0.3, -0.25) is 28.8 Å². The summed E-state index contributed by atoms with van der Waals surface area (Å²) in [5.41, 5.74) is 10.8. The van der Waals surface area contributed by atoms with E-state index in [-0.39, 0.29) is 0 Å². The molecule has 0 rings (SSSR count). The lowest BCUT2D eigenvalue weighted by Crippen LogP contribution is -2.57. The third kappa shape index (κ3) is 13.0. The van der Waals surface area contributed by atoms with Gasteiger partial charge < -0.3 is 47.8 Å². The number of rotatable bonds is 17. The number of aliphatic hydroxyl groups excluding tert-OH is 1. The Hall–Kier alpha value is -3.30. The first kappa shape index (κ1) is 29.7. The van der Waals surface area contributed by atoms with Crippen LogP contribution in [0.1, 0.15) is 38.5 Å². The second-order valence-corrected chi connectivity index (χ2v) is 7.19. The second-order valence-electron chi connectivity index (χ2n) is 7.19. The van der Waals surface area contributed by atoms with Crippen molar-refractivity contribution in [2.75, 3.05) is 13.2 Å². The summed E-state index contributed by atoms with van der Waals surface area (Å²) < 4.78 is 0. The van der Waals surface area contributed by atoms with Crippen molar-refractivity contribution in [3.05, 3.63) is 0 Å². The van der Waals surface area contributed by atoms with Crippen LogP contribution in [0.4, 0.5) is 0 Å². The second kappa shape index (κ2) is 15.5. The number of nitrogens with two attached hydrogens (primary N) is 2. The standard InChI is InChI=1S/C18H31N5O10/c19-4-2-1-3-9(8-24)21-17(32)11(6-14(27)28)23-18(33)12(7-15(29)30)22-16(31)10(20)5-13(25)26/h9-12,24H,1-8,19-20H2,(H,21,32)(H,22,31)(H,23,33)(H,25,26)(H,27,28)(H,29,30)/t9-,10-,11-,12-/m0/s1. The average molecular weight is 477 g/mol. The van der Waals surface area contributed by atoms with Crippen LogP contribution in [0, 0.1) is 0 Å². The van der Waals surface area contributed by atoms with Crippen molar-refractivity contribution >= 4 is 35.6 Å². The highest BCUT2D eigenvalue weighted by atomic mass is 16.4. The summed E-state index contributed by atoms with van der Waals surface area (Å²) in [5.74, 6) is -7.64. The lowest BCUT2D eigenvalue weighted by Gasteiger charge is -2.24. The van der Waals surface area contributed by atoms with Gasteiger partial charge in [0.1, 0.15) is 12.1 Å². The molecule has 0 aliphatic heterocycles. The molecule has 0 aromatic rings. The fourth-order valence-electron chi connectivity index (χ4n) is 2.65. The van der Waals surface area contributed by atoms with E-state index in [1.54, 1.807) is 0 Å². The van der Waals surface area contributed by atoms with Crippen molar-refractivity contribution in [1.82, 2.24) is 16.0 Å². The normalized spacial score (nSPS) is 14.3. The molecule has 0 spiro atoms. The maximum Gasteiger partial charge on any atom is 0.305 e. The highest BCUT2D eigenvalue weighted by molar-refractivity contribution is 5.96. The molecule has 0 aliphatic carbocycles. The Labute approximate surface area is 188 Å². The summed E-state index contributed by atoms with van der Waals surface area (Å²) >= 11 is 0. The summed E-state index contributed by atoms with van der Waals surface area (Å²) in [5, 5.41) is 42.6. The van der Waals surface area contributed by atoms with E-state index in [1.165, 1.54) is 0 Å². The maximum absolute atomic E-state index is 12.5. The lowest BCUT2D eigenvalue weighted by molar-refractivity contribution is -0.143. The topological polar surface area (TPSA) is 271 Å². The Bertz CT molecular complexity index is 717. The molecule has 3 amide bonds. The van der Waals surface area contributed by atoms with E-state index in [4.69, 9.17) is 26.8 Å². The lowest BCUT2D eigenvalue weighted by atomic mass is 10.1. The number of unbranched alkanes of at least 4 members (excludes halogenated alkanes) is 1. The molecule has 188 valence electrons. The van der Waals surface area contributed by atoms with E-state index in [0.717, 1.165) is 0 Å². The number of aliphatic hydroxyl groups is 1. The molecule has 0 unspecified atom stereocenters. The Morgan fingerprint density at radius 1 is 0.697 bits per heavy atom. The fraction of sp³-hybridized carbons (Fsp3) is 0.667. The molecule has 0 heterocycles. The highest BCUT2D eigenvalue weighted by Crippen LogP contribution is 2.04. The van der Waals surface area contributed by atoms with Gasteiger partial charge in [-0.15, -0.1) is 0 Å². The van der Waals surface area contributed by atoms with Crippen molar-refractivity contribution < 1.29 is 49.2 Å². The quantitative estimate of drug-likeness (QED) is 0.0916. The van der Waals surface area contributed by atoms with Crippen molar-refractivity contribution in [2.24, 2.45) is 11.5 Å². The minimum Gasteiger partial charge on any atom is -0.481 e. The maximum atomic E-state index is 12.5. The van der Waals surface area contributed by atoms with E-state index in [1.807, 2.05) is 5.32 Å². The molecule has 33 heavy (non-hydrogen) atoms. The molecular formula is C18H31N5O10. The molecule has 11 N–H and O–H groups in total. The predicted molar refractivity (Wildman–Crippen MR) is 111 cm³/mol. The zero-order valence-electron chi connectivity index (χ0n) is 17.9. The number of hydrogen-bond acceptors (Lipinski definition) is 9. The van der Waals surface area contributed by atoms with Gasteiger partial charge in [-0.05, 0) is 19.4 Å². The van der Waals surface area contributed by atoms with Crippen LogP contribution < -0.4 is 27.4 Å². The van der Waals surface area contributed by atoms with Crippen LogP contribution in [0.2, 0.25) is 0 Å². The summed E-state index contributed by atoms with van der Waals surface area (Å²) in [6, 6.07) is -5.74. The van der Waals surface area contributed by atoms with Crippen molar-refractivity contribution in [3.63, 3.8) is 0 Å². The number of carboxylic acids is 3. The van der Waals surface area contributed by atoms with Crippen LogP contribution >= 0.6 is 0 Å². The van der Waals surface area contributed by atoms with Gasteiger partial charge in [0.05, 0.1) is 38.0 Å². The smallest absolute Gasteiger partial charge is 0.305 e. The fourth-order valence-corrected chi connectivity index (χ4v) is 2.65. The zero-order chi connectivity index (χ0) is 25.6. The third-order valence-electron chi connectivity index (χ3n) is 4.33. The number of carbonyl (C=O) groups is 6. The van der Waals surface area contributed by atoms with Gasteiger partial charge in [0.25, 0.3) is 0 Å². The molecule has 0 radical (unpaired) electrons.